The third-order valence-electron chi connectivity index (χ3n) is 7.05. The number of hydrogen-bond donors (Lipinski definition) is 1. The Balaban J connectivity index is 1.81. The molecule has 218 valence electrons. The highest BCUT2D eigenvalue weighted by atomic mass is 32.2. The van der Waals surface area contributed by atoms with Crippen LogP contribution in [0.25, 0.3) is 0 Å². The highest BCUT2D eigenvalue weighted by Gasteiger charge is 2.35. The minimum Gasteiger partial charge on any atom is -0.357 e. The van der Waals surface area contributed by atoms with Crippen molar-refractivity contribution in [3.05, 3.63) is 131 Å². The van der Waals surface area contributed by atoms with Gasteiger partial charge in [0.25, 0.3) is 10.0 Å². The predicted molar refractivity (Wildman–Crippen MR) is 162 cm³/mol. The summed E-state index contributed by atoms with van der Waals surface area (Å²) in [5.41, 5.74) is 2.93. The number of sulfonamides is 1. The molecule has 7 nitrogen and oxygen atoms in total. The molecular formula is C33H34FN3O4S. The van der Waals surface area contributed by atoms with Gasteiger partial charge >= 0.3 is 0 Å². The van der Waals surface area contributed by atoms with E-state index in [1.807, 2.05) is 43.3 Å². The van der Waals surface area contributed by atoms with Gasteiger partial charge in [0.15, 0.2) is 0 Å². The van der Waals surface area contributed by atoms with Crippen LogP contribution in [0.3, 0.4) is 0 Å². The standard InChI is InChI=1S/C33H34FN3O4S/c1-24-18-19-30(25(2)20-24)37(42(40,41)28-15-8-5-9-16-28)23-32(38)36(22-27-14-10-11-17-29(27)34)31(33(39)35-3)21-26-12-6-4-7-13-26/h4-20,31H,21-23H2,1-3H3,(H,35,39)/t31-/m0/s1. The van der Waals surface area contributed by atoms with Crippen LogP contribution < -0.4 is 9.62 Å². The van der Waals surface area contributed by atoms with E-state index in [0.29, 0.717) is 11.3 Å². The Kier molecular flexibility index (Phi) is 9.75. The third-order valence-corrected chi connectivity index (χ3v) is 8.82. The lowest BCUT2D eigenvalue weighted by atomic mass is 10.0. The molecule has 0 saturated carbocycles. The second-order valence-corrected chi connectivity index (χ2v) is 11.9. The van der Waals surface area contributed by atoms with Crippen molar-refractivity contribution < 1.29 is 22.4 Å². The van der Waals surface area contributed by atoms with Gasteiger partial charge in [-0.15, -0.1) is 0 Å². The van der Waals surface area contributed by atoms with Crippen molar-refractivity contribution in [1.82, 2.24) is 10.2 Å². The molecule has 42 heavy (non-hydrogen) atoms. The molecule has 2 amide bonds. The van der Waals surface area contributed by atoms with Gasteiger partial charge in [-0.2, -0.15) is 0 Å². The number of amides is 2. The SMILES string of the molecule is CNC(=O)[C@H](Cc1ccccc1)N(Cc1ccccc1F)C(=O)CN(c1ccc(C)cc1C)S(=O)(=O)c1ccccc1. The Hall–Kier alpha value is -4.50. The van der Waals surface area contributed by atoms with Gasteiger partial charge < -0.3 is 10.2 Å². The summed E-state index contributed by atoms with van der Waals surface area (Å²) in [6, 6.07) is 27.3. The lowest BCUT2D eigenvalue weighted by Crippen LogP contribution is -2.53. The van der Waals surface area contributed by atoms with Gasteiger partial charge in [-0.05, 0) is 49.2 Å². The van der Waals surface area contributed by atoms with E-state index in [2.05, 4.69) is 5.32 Å². The quantitative estimate of drug-likeness (QED) is 0.267. The molecule has 0 unspecified atom stereocenters. The number of nitrogens with one attached hydrogen (secondary N) is 1. The van der Waals surface area contributed by atoms with E-state index in [-0.39, 0.29) is 23.4 Å². The largest absolute Gasteiger partial charge is 0.357 e. The van der Waals surface area contributed by atoms with E-state index in [0.717, 1.165) is 15.4 Å². The highest BCUT2D eigenvalue weighted by Crippen LogP contribution is 2.28. The average Bonchev–Trinajstić information content (AvgIpc) is 2.99. The van der Waals surface area contributed by atoms with E-state index < -0.39 is 40.2 Å². The monoisotopic (exact) mass is 587 g/mol. The van der Waals surface area contributed by atoms with Crippen LogP contribution in [0.4, 0.5) is 10.1 Å². The van der Waals surface area contributed by atoms with Crippen LogP contribution in [0.15, 0.2) is 108 Å². The summed E-state index contributed by atoms with van der Waals surface area (Å²) < 4.78 is 44.0. The molecule has 0 aliphatic carbocycles. The average molecular weight is 588 g/mol. The minimum absolute atomic E-state index is 0.0190. The first kappa shape index (κ1) is 30.5. The van der Waals surface area contributed by atoms with E-state index in [1.54, 1.807) is 55.5 Å². The number of halogens is 1. The Bertz CT molecular complexity index is 1650. The van der Waals surface area contributed by atoms with Crippen molar-refractivity contribution >= 4 is 27.5 Å². The molecule has 4 rings (SSSR count). The maximum atomic E-state index is 14.9. The zero-order valence-corrected chi connectivity index (χ0v) is 24.6. The van der Waals surface area contributed by atoms with Crippen molar-refractivity contribution in [2.45, 2.75) is 37.8 Å². The second-order valence-electron chi connectivity index (χ2n) is 10.0. The number of aryl methyl sites for hydroxylation is 2. The fourth-order valence-electron chi connectivity index (χ4n) is 4.85. The van der Waals surface area contributed by atoms with E-state index in [4.69, 9.17) is 0 Å². The van der Waals surface area contributed by atoms with Crippen LogP contribution >= 0.6 is 0 Å². The molecule has 1 atom stereocenters. The number of benzene rings is 4. The fraction of sp³-hybridized carbons (Fsp3) is 0.212. The first-order valence-electron chi connectivity index (χ1n) is 13.5. The Morgan fingerprint density at radius 3 is 2.10 bits per heavy atom. The lowest BCUT2D eigenvalue weighted by Gasteiger charge is -2.34. The van der Waals surface area contributed by atoms with E-state index >= 15 is 0 Å². The van der Waals surface area contributed by atoms with Crippen LogP contribution in [-0.2, 0) is 32.6 Å². The molecule has 0 aromatic heterocycles. The molecule has 0 heterocycles. The summed E-state index contributed by atoms with van der Waals surface area (Å²) in [5, 5.41) is 2.62. The minimum atomic E-state index is -4.20. The van der Waals surface area contributed by atoms with Crippen LogP contribution in [0.5, 0.6) is 0 Å². The maximum Gasteiger partial charge on any atom is 0.264 e. The van der Waals surface area contributed by atoms with Gasteiger partial charge in [0.2, 0.25) is 11.8 Å². The number of likely N-dealkylation sites (N-methyl/N-ethyl adjacent to an activating group) is 1. The fourth-order valence-corrected chi connectivity index (χ4v) is 6.35. The number of anilines is 1. The van der Waals surface area contributed by atoms with Crippen LogP contribution in [0, 0.1) is 19.7 Å². The van der Waals surface area contributed by atoms with Gasteiger partial charge in [0, 0.05) is 25.6 Å². The molecule has 4 aromatic rings. The number of nitrogens with zero attached hydrogens (tertiary/aromatic N) is 2. The lowest BCUT2D eigenvalue weighted by molar-refractivity contribution is -0.139. The normalized spacial score (nSPS) is 11.9. The Morgan fingerprint density at radius 1 is 0.857 bits per heavy atom. The summed E-state index contributed by atoms with van der Waals surface area (Å²) in [7, 11) is -2.73. The third kappa shape index (κ3) is 7.03. The first-order chi connectivity index (χ1) is 20.1. The number of carbonyl (C=O) groups is 2. The summed E-state index contributed by atoms with van der Waals surface area (Å²) in [4.78, 5) is 28.8. The Labute approximate surface area is 246 Å². The van der Waals surface area contributed by atoms with Gasteiger partial charge in [-0.3, -0.25) is 13.9 Å². The van der Waals surface area contributed by atoms with Crippen LogP contribution in [0.2, 0.25) is 0 Å². The van der Waals surface area contributed by atoms with Gasteiger partial charge in [0.05, 0.1) is 10.6 Å². The van der Waals surface area contributed by atoms with E-state index in [9.17, 15) is 22.4 Å². The molecule has 1 N–H and O–H groups in total. The number of carbonyl (C=O) groups excluding carboxylic acids is 2. The van der Waals surface area contributed by atoms with Crippen LogP contribution in [-0.4, -0.2) is 44.8 Å². The summed E-state index contributed by atoms with van der Waals surface area (Å²) in [5.74, 6) is -1.64. The molecule has 0 saturated heterocycles. The molecule has 9 heteroatoms. The van der Waals surface area contributed by atoms with Crippen molar-refractivity contribution in [1.29, 1.82) is 0 Å². The zero-order chi connectivity index (χ0) is 30.3. The van der Waals surface area contributed by atoms with Crippen LogP contribution in [0.1, 0.15) is 22.3 Å². The van der Waals surface area contributed by atoms with Gasteiger partial charge in [-0.1, -0.05) is 84.4 Å². The molecule has 0 radical (unpaired) electrons. The molecule has 0 aliphatic rings. The Morgan fingerprint density at radius 2 is 1.48 bits per heavy atom. The smallest absolute Gasteiger partial charge is 0.264 e. The first-order valence-corrected chi connectivity index (χ1v) is 15.0. The van der Waals surface area contributed by atoms with Crippen molar-refractivity contribution in [3.8, 4) is 0 Å². The molecular weight excluding hydrogens is 553 g/mol. The molecule has 0 spiro atoms. The van der Waals surface area contributed by atoms with Crippen molar-refractivity contribution in [3.63, 3.8) is 0 Å². The number of hydrogen-bond acceptors (Lipinski definition) is 4. The van der Waals surface area contributed by atoms with Crippen molar-refractivity contribution in [2.75, 3.05) is 17.9 Å². The summed E-state index contributed by atoms with van der Waals surface area (Å²) in [6.45, 7) is 2.84. The molecule has 0 aliphatic heterocycles. The molecule has 0 fully saturated rings. The van der Waals surface area contributed by atoms with Gasteiger partial charge in [0.1, 0.15) is 18.4 Å². The topological polar surface area (TPSA) is 86.8 Å². The van der Waals surface area contributed by atoms with Gasteiger partial charge in [-0.25, -0.2) is 12.8 Å². The second kappa shape index (κ2) is 13.4. The van der Waals surface area contributed by atoms with Crippen molar-refractivity contribution in [2.24, 2.45) is 0 Å². The van der Waals surface area contributed by atoms with E-state index in [1.165, 1.54) is 30.1 Å². The molecule has 0 bridgehead atoms. The highest BCUT2D eigenvalue weighted by molar-refractivity contribution is 7.92. The summed E-state index contributed by atoms with van der Waals surface area (Å²) in [6.07, 6.45) is 0.149. The maximum absolute atomic E-state index is 14.9. The summed E-state index contributed by atoms with van der Waals surface area (Å²) >= 11 is 0. The number of rotatable bonds is 11. The predicted octanol–water partition coefficient (Wildman–Crippen LogP) is 5.02. The molecule has 4 aromatic carbocycles. The zero-order valence-electron chi connectivity index (χ0n) is 23.8.